The zero-order chi connectivity index (χ0) is 13.1. The minimum Gasteiger partial charge on any atom is -0.286 e. The molecule has 17 heavy (non-hydrogen) atoms. The van der Waals surface area contributed by atoms with Crippen LogP contribution in [-0.2, 0) is 22.7 Å². The molecule has 0 aliphatic heterocycles. The molecule has 0 saturated heterocycles. The van der Waals surface area contributed by atoms with Gasteiger partial charge in [0, 0.05) is 0 Å². The highest BCUT2D eigenvalue weighted by molar-refractivity contribution is 7.85. The van der Waals surface area contributed by atoms with Crippen molar-refractivity contribution < 1.29 is 26.1 Å². The first-order chi connectivity index (χ1) is 7.68. The Morgan fingerprint density at radius 1 is 1.12 bits per heavy atom. The van der Waals surface area contributed by atoms with Crippen LogP contribution in [0.5, 0.6) is 0 Å². The lowest BCUT2D eigenvalue weighted by Crippen LogP contribution is -2.06. The van der Waals surface area contributed by atoms with Crippen LogP contribution in [0.25, 0.3) is 0 Å². The van der Waals surface area contributed by atoms with Gasteiger partial charge in [-0.15, -0.1) is 0 Å². The minimum atomic E-state index is -4.37. The summed E-state index contributed by atoms with van der Waals surface area (Å²) in [6.07, 6.45) is -3.89. The van der Waals surface area contributed by atoms with E-state index >= 15 is 0 Å². The molecule has 0 aromatic heterocycles. The van der Waals surface area contributed by atoms with Gasteiger partial charge in [-0.1, -0.05) is 12.1 Å². The van der Waals surface area contributed by atoms with Crippen molar-refractivity contribution in [2.45, 2.75) is 19.0 Å². The molecule has 1 aromatic rings. The summed E-state index contributed by atoms with van der Waals surface area (Å²) in [5.74, 6) is -0.395. The van der Waals surface area contributed by atoms with Crippen molar-refractivity contribution in [1.82, 2.24) is 0 Å². The average molecular weight is 268 g/mol. The third kappa shape index (κ3) is 5.18. The van der Waals surface area contributed by atoms with Crippen LogP contribution in [0.3, 0.4) is 0 Å². The van der Waals surface area contributed by atoms with Crippen LogP contribution in [0.15, 0.2) is 24.3 Å². The molecule has 7 heteroatoms. The molecular formula is C10H11F3O3S. The smallest absolute Gasteiger partial charge is 0.286 e. The van der Waals surface area contributed by atoms with Gasteiger partial charge in [0.05, 0.1) is 11.3 Å². The van der Waals surface area contributed by atoms with Gasteiger partial charge in [-0.2, -0.15) is 21.6 Å². The largest absolute Gasteiger partial charge is 0.416 e. The summed E-state index contributed by atoms with van der Waals surface area (Å²) in [5.41, 5.74) is -0.141. The molecule has 0 fully saturated rings. The molecule has 0 heterocycles. The van der Waals surface area contributed by atoms with Crippen LogP contribution in [0.2, 0.25) is 0 Å². The molecule has 0 aliphatic carbocycles. The molecule has 0 atom stereocenters. The molecule has 3 nitrogen and oxygen atoms in total. The standard InChI is InChI=1S/C10H11F3O3S/c11-10(12,13)9-5-3-8(4-6-9)2-1-7-17(14,15)16/h3-6H,1-2,7H2,(H,14,15,16). The van der Waals surface area contributed by atoms with Crippen molar-refractivity contribution >= 4 is 10.1 Å². The van der Waals surface area contributed by atoms with Gasteiger partial charge < -0.3 is 0 Å². The number of benzene rings is 1. The first-order valence-electron chi connectivity index (χ1n) is 4.80. The number of halogens is 3. The van der Waals surface area contributed by atoms with E-state index in [1.807, 2.05) is 0 Å². The molecule has 1 aromatic carbocycles. The van der Waals surface area contributed by atoms with E-state index in [9.17, 15) is 21.6 Å². The highest BCUT2D eigenvalue weighted by Crippen LogP contribution is 2.29. The number of aryl methyl sites for hydroxylation is 1. The predicted octanol–water partition coefficient (Wildman–Crippen LogP) is 2.53. The quantitative estimate of drug-likeness (QED) is 0.854. The van der Waals surface area contributed by atoms with E-state index in [2.05, 4.69) is 0 Å². The molecule has 0 aliphatic rings. The summed E-state index contributed by atoms with van der Waals surface area (Å²) >= 11 is 0. The van der Waals surface area contributed by atoms with Crippen molar-refractivity contribution in [3.05, 3.63) is 35.4 Å². The Morgan fingerprint density at radius 3 is 2.06 bits per heavy atom. The van der Waals surface area contributed by atoms with Gasteiger partial charge in [-0.05, 0) is 30.5 Å². The summed E-state index contributed by atoms with van der Waals surface area (Å²) in [4.78, 5) is 0. The van der Waals surface area contributed by atoms with Gasteiger partial charge in [0.25, 0.3) is 10.1 Å². The molecule has 1 rings (SSSR count). The van der Waals surface area contributed by atoms with Crippen LogP contribution < -0.4 is 0 Å². The fourth-order valence-corrected chi connectivity index (χ4v) is 1.83. The predicted molar refractivity (Wildman–Crippen MR) is 56.2 cm³/mol. The fourth-order valence-electron chi connectivity index (χ4n) is 1.32. The highest BCUT2D eigenvalue weighted by atomic mass is 32.2. The van der Waals surface area contributed by atoms with Crippen LogP contribution in [0.4, 0.5) is 13.2 Å². The lowest BCUT2D eigenvalue weighted by Gasteiger charge is -2.07. The summed E-state index contributed by atoms with van der Waals surface area (Å²) in [7, 11) is -4.01. The lowest BCUT2D eigenvalue weighted by atomic mass is 10.1. The van der Waals surface area contributed by atoms with Crippen LogP contribution >= 0.6 is 0 Å². The molecule has 0 radical (unpaired) electrons. The van der Waals surface area contributed by atoms with Crippen molar-refractivity contribution in [2.24, 2.45) is 0 Å². The van der Waals surface area contributed by atoms with E-state index in [4.69, 9.17) is 4.55 Å². The summed E-state index contributed by atoms with van der Waals surface area (Å²) in [6, 6.07) is 4.49. The van der Waals surface area contributed by atoms with Crippen molar-refractivity contribution in [2.75, 3.05) is 5.75 Å². The van der Waals surface area contributed by atoms with Gasteiger partial charge in [0.15, 0.2) is 0 Å². The summed E-state index contributed by atoms with van der Waals surface area (Å²) < 4.78 is 65.9. The molecule has 0 saturated carbocycles. The van der Waals surface area contributed by atoms with Crippen molar-refractivity contribution in [3.63, 3.8) is 0 Å². The van der Waals surface area contributed by atoms with Gasteiger partial charge in [0.1, 0.15) is 0 Å². The van der Waals surface area contributed by atoms with Gasteiger partial charge in [0.2, 0.25) is 0 Å². The first-order valence-corrected chi connectivity index (χ1v) is 6.41. The molecule has 0 amide bonds. The monoisotopic (exact) mass is 268 g/mol. The van der Waals surface area contributed by atoms with Gasteiger partial charge in [-0.3, -0.25) is 4.55 Å². The van der Waals surface area contributed by atoms with E-state index in [0.717, 1.165) is 12.1 Å². The Balaban J connectivity index is 2.58. The average Bonchev–Trinajstić information content (AvgIpc) is 2.15. The van der Waals surface area contributed by atoms with Crippen molar-refractivity contribution in [1.29, 1.82) is 0 Å². The number of hydrogen-bond acceptors (Lipinski definition) is 2. The third-order valence-corrected chi connectivity index (χ3v) is 2.95. The SMILES string of the molecule is O=S(=O)(O)CCCc1ccc(C(F)(F)F)cc1. The third-order valence-electron chi connectivity index (χ3n) is 2.15. The zero-order valence-corrected chi connectivity index (χ0v) is 9.55. The maximum absolute atomic E-state index is 12.2. The Bertz CT molecular complexity index is 463. The van der Waals surface area contributed by atoms with E-state index in [0.29, 0.717) is 12.0 Å². The molecule has 1 N–H and O–H groups in total. The summed E-state index contributed by atoms with van der Waals surface area (Å²) in [6.45, 7) is 0. The number of alkyl halides is 3. The van der Waals surface area contributed by atoms with Crippen LogP contribution in [-0.4, -0.2) is 18.7 Å². The summed E-state index contributed by atoms with van der Waals surface area (Å²) in [5, 5.41) is 0. The normalized spacial score (nSPS) is 12.7. The lowest BCUT2D eigenvalue weighted by molar-refractivity contribution is -0.137. The second-order valence-electron chi connectivity index (χ2n) is 3.58. The van der Waals surface area contributed by atoms with E-state index < -0.39 is 27.6 Å². The molecule has 0 bridgehead atoms. The fraction of sp³-hybridized carbons (Fsp3) is 0.400. The Morgan fingerprint density at radius 2 is 1.65 bits per heavy atom. The maximum Gasteiger partial charge on any atom is 0.416 e. The molecular weight excluding hydrogens is 257 g/mol. The molecule has 0 unspecified atom stereocenters. The first kappa shape index (κ1) is 14.0. The topological polar surface area (TPSA) is 54.4 Å². The second-order valence-corrected chi connectivity index (χ2v) is 5.16. The van der Waals surface area contributed by atoms with Crippen LogP contribution in [0, 0.1) is 0 Å². The highest BCUT2D eigenvalue weighted by Gasteiger charge is 2.29. The Labute approximate surface area is 97.0 Å². The number of hydrogen-bond donors (Lipinski definition) is 1. The van der Waals surface area contributed by atoms with Crippen LogP contribution in [0.1, 0.15) is 17.5 Å². The van der Waals surface area contributed by atoms with Gasteiger partial charge >= 0.3 is 6.18 Å². The van der Waals surface area contributed by atoms with E-state index in [1.54, 1.807) is 0 Å². The van der Waals surface area contributed by atoms with Gasteiger partial charge in [-0.25, -0.2) is 0 Å². The molecule has 96 valence electrons. The second kappa shape index (κ2) is 5.05. The Hall–Kier alpha value is -1.08. The number of rotatable bonds is 4. The van der Waals surface area contributed by atoms with E-state index in [-0.39, 0.29) is 6.42 Å². The van der Waals surface area contributed by atoms with Crippen molar-refractivity contribution in [3.8, 4) is 0 Å². The zero-order valence-electron chi connectivity index (χ0n) is 8.74. The minimum absolute atomic E-state index is 0.171. The maximum atomic E-state index is 12.2. The van der Waals surface area contributed by atoms with E-state index in [1.165, 1.54) is 12.1 Å². The molecule has 0 spiro atoms. The Kier molecular flexibility index (Phi) is 4.16.